The van der Waals surface area contributed by atoms with Crippen molar-refractivity contribution in [2.75, 3.05) is 12.8 Å². The number of carbonyl (C=O) groups is 4. The van der Waals surface area contributed by atoms with E-state index in [1.807, 2.05) is 77.7 Å². The normalized spacial score (nSPS) is 13.8. The quantitative estimate of drug-likeness (QED) is 0.185. The minimum Gasteiger partial charge on any atom is -0.363 e. The fourth-order valence-electron chi connectivity index (χ4n) is 4.33. The van der Waals surface area contributed by atoms with Gasteiger partial charge in [0, 0.05) is 31.5 Å². The molecule has 0 radical (unpaired) electrons. The molecule has 3 aromatic carbocycles. The van der Waals surface area contributed by atoms with Gasteiger partial charge >= 0.3 is 0 Å². The van der Waals surface area contributed by atoms with Gasteiger partial charge in [-0.2, -0.15) is 8.42 Å². The van der Waals surface area contributed by atoms with E-state index < -0.39 is 33.8 Å². The number of primary amides is 1. The van der Waals surface area contributed by atoms with Gasteiger partial charge in [0.25, 0.3) is 21.9 Å². The third kappa shape index (κ3) is 10.4. The number of benzene rings is 3. The van der Waals surface area contributed by atoms with Gasteiger partial charge in [-0.1, -0.05) is 84.9 Å². The standard InChI is InChI=1S/C30H29N3O4.CH4O3S/c31-29(36)28(35)26(19-22-7-2-1-3-8-22)32-30(37)25-10-5-4-9-24(25)17-16-21-12-14-23(15-13-21)20-33-18-6-11-27(33)34;1-5(2,3)4/h1-5,7-10,12-17,26H,6,11,18-20H2,(H2,31,36)(H,32,37);1H3,(H,2,3,4). The van der Waals surface area contributed by atoms with Crippen molar-refractivity contribution in [3.63, 3.8) is 0 Å². The molecule has 1 fully saturated rings. The molecular formula is C31H33N3O7S. The molecule has 1 atom stereocenters. The van der Waals surface area contributed by atoms with Crippen molar-refractivity contribution in [3.05, 3.63) is 107 Å². The summed E-state index contributed by atoms with van der Waals surface area (Å²) in [5, 5.41) is 2.69. The van der Waals surface area contributed by atoms with Crippen LogP contribution in [0.3, 0.4) is 0 Å². The van der Waals surface area contributed by atoms with Gasteiger partial charge in [0.15, 0.2) is 0 Å². The first-order valence-corrected chi connectivity index (χ1v) is 15.0. The highest BCUT2D eigenvalue weighted by Crippen LogP contribution is 2.17. The summed E-state index contributed by atoms with van der Waals surface area (Å²) >= 11 is 0. The van der Waals surface area contributed by atoms with E-state index >= 15 is 0 Å². The summed E-state index contributed by atoms with van der Waals surface area (Å²) in [5.74, 6) is -2.21. The molecule has 3 amide bonds. The minimum atomic E-state index is -3.67. The van der Waals surface area contributed by atoms with Crippen LogP contribution in [0, 0.1) is 0 Å². The van der Waals surface area contributed by atoms with Gasteiger partial charge in [0.2, 0.25) is 11.7 Å². The molecule has 1 aliphatic heterocycles. The molecule has 10 nitrogen and oxygen atoms in total. The predicted molar refractivity (Wildman–Crippen MR) is 160 cm³/mol. The molecule has 4 rings (SSSR count). The van der Waals surface area contributed by atoms with Gasteiger partial charge in [0.1, 0.15) is 6.04 Å². The molecule has 1 saturated heterocycles. The molecule has 220 valence electrons. The highest BCUT2D eigenvalue weighted by Gasteiger charge is 2.26. The number of ketones is 1. The topological polar surface area (TPSA) is 164 Å². The number of nitrogens with two attached hydrogens (primary N) is 1. The Hall–Kier alpha value is -4.61. The van der Waals surface area contributed by atoms with E-state index in [4.69, 9.17) is 10.3 Å². The van der Waals surface area contributed by atoms with Gasteiger partial charge in [0.05, 0.1) is 6.26 Å². The second-order valence-electron chi connectivity index (χ2n) is 9.76. The first kappa shape index (κ1) is 31.9. The van der Waals surface area contributed by atoms with Crippen molar-refractivity contribution in [1.29, 1.82) is 0 Å². The van der Waals surface area contributed by atoms with Crippen LogP contribution in [-0.4, -0.2) is 60.2 Å². The second-order valence-corrected chi connectivity index (χ2v) is 11.2. The summed E-state index contributed by atoms with van der Waals surface area (Å²) in [7, 11) is -3.67. The van der Waals surface area contributed by atoms with Crippen LogP contribution in [0.25, 0.3) is 12.2 Å². The molecule has 0 bridgehead atoms. The minimum absolute atomic E-state index is 0.154. The maximum Gasteiger partial charge on any atom is 0.287 e. The fraction of sp³-hybridized carbons (Fsp3) is 0.226. The highest BCUT2D eigenvalue weighted by molar-refractivity contribution is 7.85. The summed E-state index contributed by atoms with van der Waals surface area (Å²) in [6.07, 6.45) is 6.13. The third-order valence-electron chi connectivity index (χ3n) is 6.33. The average Bonchev–Trinajstić information content (AvgIpc) is 3.35. The van der Waals surface area contributed by atoms with E-state index in [1.165, 1.54) is 0 Å². The molecule has 3 aromatic rings. The Morgan fingerprint density at radius 1 is 0.952 bits per heavy atom. The summed E-state index contributed by atoms with van der Waals surface area (Å²) in [6, 6.07) is 23.0. The monoisotopic (exact) mass is 591 g/mol. The lowest BCUT2D eigenvalue weighted by atomic mass is 10.00. The van der Waals surface area contributed by atoms with Crippen LogP contribution in [0.4, 0.5) is 0 Å². The lowest BCUT2D eigenvalue weighted by Crippen LogP contribution is -2.47. The zero-order valence-corrected chi connectivity index (χ0v) is 23.9. The van der Waals surface area contributed by atoms with E-state index in [2.05, 4.69) is 5.32 Å². The van der Waals surface area contributed by atoms with Gasteiger partial charge in [-0.25, -0.2) is 0 Å². The van der Waals surface area contributed by atoms with Crippen molar-refractivity contribution in [3.8, 4) is 0 Å². The van der Waals surface area contributed by atoms with E-state index in [0.29, 0.717) is 30.3 Å². The number of amides is 3. The summed E-state index contributed by atoms with van der Waals surface area (Å²) in [5.41, 5.74) is 9.08. The maximum absolute atomic E-state index is 13.2. The van der Waals surface area contributed by atoms with E-state index in [1.54, 1.807) is 18.2 Å². The first-order valence-electron chi connectivity index (χ1n) is 13.2. The third-order valence-corrected chi connectivity index (χ3v) is 6.33. The number of hydrogen-bond donors (Lipinski definition) is 3. The van der Waals surface area contributed by atoms with E-state index in [-0.39, 0.29) is 12.3 Å². The molecule has 0 saturated carbocycles. The zero-order valence-electron chi connectivity index (χ0n) is 23.1. The van der Waals surface area contributed by atoms with Crippen molar-refractivity contribution in [2.45, 2.75) is 31.8 Å². The van der Waals surface area contributed by atoms with Gasteiger partial charge < -0.3 is 16.0 Å². The zero-order chi connectivity index (χ0) is 30.7. The largest absolute Gasteiger partial charge is 0.363 e. The van der Waals surface area contributed by atoms with E-state index in [0.717, 1.165) is 29.7 Å². The number of carbonyl (C=O) groups excluding carboxylic acids is 4. The molecule has 11 heteroatoms. The van der Waals surface area contributed by atoms with Crippen molar-refractivity contribution < 1.29 is 32.1 Å². The Kier molecular flexibility index (Phi) is 11.3. The van der Waals surface area contributed by atoms with Gasteiger partial charge in [-0.05, 0) is 34.7 Å². The molecule has 4 N–H and O–H groups in total. The molecule has 1 aliphatic rings. The number of likely N-dealkylation sites (tertiary alicyclic amines) is 1. The van der Waals surface area contributed by atoms with Crippen LogP contribution >= 0.6 is 0 Å². The highest BCUT2D eigenvalue weighted by atomic mass is 32.2. The first-order chi connectivity index (χ1) is 19.9. The summed E-state index contributed by atoms with van der Waals surface area (Å²) in [6.45, 7) is 1.41. The van der Waals surface area contributed by atoms with Crippen molar-refractivity contribution >= 4 is 45.8 Å². The smallest absolute Gasteiger partial charge is 0.287 e. The molecule has 1 heterocycles. The van der Waals surface area contributed by atoms with Crippen LogP contribution in [0.5, 0.6) is 0 Å². The number of nitrogens with zero attached hydrogens (tertiary/aromatic N) is 1. The van der Waals surface area contributed by atoms with Gasteiger partial charge in [-0.3, -0.25) is 23.7 Å². The average molecular weight is 592 g/mol. The van der Waals surface area contributed by atoms with E-state index in [9.17, 15) is 27.6 Å². The van der Waals surface area contributed by atoms with Crippen molar-refractivity contribution in [1.82, 2.24) is 10.2 Å². The predicted octanol–water partition coefficient (Wildman–Crippen LogP) is 2.88. The number of nitrogens with one attached hydrogen (secondary N) is 1. The molecule has 1 unspecified atom stereocenters. The number of Topliss-reactive ketones (excluding diaryl/α,β-unsaturated/α-hetero) is 1. The lowest BCUT2D eigenvalue weighted by molar-refractivity contribution is -0.137. The van der Waals surface area contributed by atoms with Crippen LogP contribution < -0.4 is 11.1 Å². The molecular weight excluding hydrogens is 558 g/mol. The Morgan fingerprint density at radius 2 is 1.57 bits per heavy atom. The fourth-order valence-corrected chi connectivity index (χ4v) is 4.33. The summed E-state index contributed by atoms with van der Waals surface area (Å²) < 4.78 is 25.9. The summed E-state index contributed by atoms with van der Waals surface area (Å²) in [4.78, 5) is 50.9. The second kappa shape index (κ2) is 14.9. The molecule has 42 heavy (non-hydrogen) atoms. The SMILES string of the molecule is CS(=O)(=O)O.NC(=O)C(=O)C(Cc1ccccc1)NC(=O)c1ccccc1C=Cc1ccc(CN2CCCC2=O)cc1. The molecule has 0 aliphatic carbocycles. The lowest BCUT2D eigenvalue weighted by Gasteiger charge is -2.17. The van der Waals surface area contributed by atoms with Gasteiger partial charge in [-0.15, -0.1) is 0 Å². The molecule has 0 aromatic heterocycles. The van der Waals surface area contributed by atoms with Crippen molar-refractivity contribution in [2.24, 2.45) is 5.73 Å². The van der Waals surface area contributed by atoms with Crippen LogP contribution in [-0.2, 0) is 37.5 Å². The number of hydrogen-bond acceptors (Lipinski definition) is 6. The molecule has 0 spiro atoms. The Bertz CT molecular complexity index is 1540. The van der Waals surface area contributed by atoms with Crippen LogP contribution in [0.15, 0.2) is 78.9 Å². The Balaban J connectivity index is 0.000000892. The van der Waals surface area contributed by atoms with Crippen LogP contribution in [0.1, 0.15) is 45.5 Å². The Morgan fingerprint density at radius 3 is 2.17 bits per heavy atom. The number of rotatable bonds is 10. The maximum atomic E-state index is 13.2. The van der Waals surface area contributed by atoms with Crippen LogP contribution in [0.2, 0.25) is 0 Å². The Labute approximate surface area is 245 Å².